The number of nitrogens with one attached hydrogen (secondary N) is 1. The molecule has 1 fully saturated rings. The van der Waals surface area contributed by atoms with Crippen molar-refractivity contribution in [3.63, 3.8) is 0 Å². The van der Waals surface area contributed by atoms with E-state index < -0.39 is 35.9 Å². The highest BCUT2D eigenvalue weighted by atomic mass is 19.4. The maximum atomic E-state index is 12.8. The van der Waals surface area contributed by atoms with Gasteiger partial charge in [0.1, 0.15) is 0 Å². The van der Waals surface area contributed by atoms with Gasteiger partial charge in [0.2, 0.25) is 0 Å². The zero-order chi connectivity index (χ0) is 16.9. The third-order valence-corrected chi connectivity index (χ3v) is 3.61. The number of carbonyl (C=O) groups is 2. The number of amides is 1. The van der Waals surface area contributed by atoms with Gasteiger partial charge in [0.05, 0.1) is 5.56 Å². The van der Waals surface area contributed by atoms with E-state index in [2.05, 4.69) is 15.0 Å². The minimum absolute atomic E-state index is 0.0375. The molecule has 2 rings (SSSR count). The van der Waals surface area contributed by atoms with Crippen LogP contribution in [0.3, 0.4) is 0 Å². The quantitative estimate of drug-likeness (QED) is 0.862. The van der Waals surface area contributed by atoms with Gasteiger partial charge in [0, 0.05) is 12.2 Å². The van der Waals surface area contributed by atoms with E-state index in [9.17, 15) is 22.8 Å². The van der Waals surface area contributed by atoms with Gasteiger partial charge in [-0.1, -0.05) is 19.3 Å². The van der Waals surface area contributed by atoms with Crippen molar-refractivity contribution in [2.24, 2.45) is 0 Å². The molecule has 1 aromatic rings. The summed E-state index contributed by atoms with van der Waals surface area (Å²) in [4.78, 5) is 26.9. The van der Waals surface area contributed by atoms with Crippen molar-refractivity contribution in [3.8, 4) is 0 Å². The largest absolute Gasteiger partial charge is 0.451 e. The Kier molecular flexibility index (Phi) is 5.57. The van der Waals surface area contributed by atoms with E-state index in [1.165, 1.54) is 0 Å². The summed E-state index contributed by atoms with van der Waals surface area (Å²) < 4.78 is 43.0. The van der Waals surface area contributed by atoms with Crippen molar-refractivity contribution >= 4 is 11.9 Å². The van der Waals surface area contributed by atoms with Gasteiger partial charge in [0.25, 0.3) is 5.91 Å². The van der Waals surface area contributed by atoms with Gasteiger partial charge in [-0.05, 0) is 25.0 Å². The van der Waals surface area contributed by atoms with E-state index in [0.717, 1.165) is 50.4 Å². The average Bonchev–Trinajstić information content (AvgIpc) is 2.53. The van der Waals surface area contributed by atoms with Crippen LogP contribution in [0.2, 0.25) is 0 Å². The Hall–Kier alpha value is -2.12. The van der Waals surface area contributed by atoms with Crippen molar-refractivity contribution in [1.82, 2.24) is 10.3 Å². The summed E-state index contributed by atoms with van der Waals surface area (Å²) in [5.41, 5.74) is -2.02. The van der Waals surface area contributed by atoms with Gasteiger partial charge in [-0.2, -0.15) is 13.2 Å². The van der Waals surface area contributed by atoms with Crippen molar-refractivity contribution in [3.05, 3.63) is 29.6 Å². The van der Waals surface area contributed by atoms with Crippen LogP contribution in [0.1, 0.15) is 48.2 Å². The summed E-state index contributed by atoms with van der Waals surface area (Å²) in [5, 5.41) is 2.71. The predicted octanol–water partition coefficient (Wildman–Crippen LogP) is 2.71. The molecule has 1 amide bonds. The lowest BCUT2D eigenvalue weighted by Gasteiger charge is -2.22. The summed E-state index contributed by atoms with van der Waals surface area (Å²) in [6.45, 7) is -0.622. The monoisotopic (exact) mass is 330 g/mol. The van der Waals surface area contributed by atoms with E-state index in [-0.39, 0.29) is 6.04 Å². The van der Waals surface area contributed by atoms with Crippen LogP contribution >= 0.6 is 0 Å². The lowest BCUT2D eigenvalue weighted by Crippen LogP contribution is -2.38. The zero-order valence-electron chi connectivity index (χ0n) is 12.4. The van der Waals surface area contributed by atoms with E-state index in [1.807, 2.05) is 0 Å². The first-order valence-corrected chi connectivity index (χ1v) is 7.36. The third kappa shape index (κ3) is 4.94. The summed E-state index contributed by atoms with van der Waals surface area (Å²) in [6, 6.07) is 1.86. The Labute approximate surface area is 131 Å². The highest BCUT2D eigenvalue weighted by Crippen LogP contribution is 2.31. The molecule has 0 unspecified atom stereocenters. The molecular weight excluding hydrogens is 313 g/mol. The third-order valence-electron chi connectivity index (χ3n) is 3.61. The second kappa shape index (κ2) is 7.43. The molecule has 0 atom stereocenters. The highest BCUT2D eigenvalue weighted by molar-refractivity contribution is 5.91. The molecule has 0 aliphatic heterocycles. The van der Waals surface area contributed by atoms with Crippen LogP contribution < -0.4 is 5.32 Å². The molecule has 5 nitrogen and oxygen atoms in total. The lowest BCUT2D eigenvalue weighted by molar-refractivity contribution is -0.138. The van der Waals surface area contributed by atoms with E-state index in [4.69, 9.17) is 0 Å². The zero-order valence-corrected chi connectivity index (χ0v) is 12.4. The lowest BCUT2D eigenvalue weighted by atomic mass is 9.95. The van der Waals surface area contributed by atoms with E-state index >= 15 is 0 Å². The number of nitrogens with zero attached hydrogens (tertiary/aromatic N) is 1. The average molecular weight is 330 g/mol. The number of carbonyl (C=O) groups excluding carboxylic acids is 2. The maximum Gasteiger partial charge on any atom is 0.418 e. The number of rotatable bonds is 4. The van der Waals surface area contributed by atoms with Crippen LogP contribution in [0.15, 0.2) is 18.3 Å². The minimum Gasteiger partial charge on any atom is -0.451 e. The first kappa shape index (κ1) is 17.2. The van der Waals surface area contributed by atoms with Crippen molar-refractivity contribution in [2.75, 3.05) is 6.61 Å². The minimum atomic E-state index is -4.72. The molecule has 1 aliphatic carbocycles. The number of alkyl halides is 3. The van der Waals surface area contributed by atoms with Gasteiger partial charge in [-0.25, -0.2) is 9.78 Å². The SMILES string of the molecule is O=C(COC(=O)c1ncccc1C(F)(F)F)NC1CCCCC1. The normalized spacial score (nSPS) is 16.0. The van der Waals surface area contributed by atoms with E-state index in [1.54, 1.807) is 0 Å². The summed E-state index contributed by atoms with van der Waals surface area (Å²) in [5.74, 6) is -1.79. The standard InChI is InChI=1S/C15H17F3N2O3/c16-15(17,18)11-7-4-8-19-13(11)14(22)23-9-12(21)20-10-5-2-1-3-6-10/h4,7-8,10H,1-3,5-6,9H2,(H,20,21). The van der Waals surface area contributed by atoms with Crippen LogP contribution in [-0.4, -0.2) is 29.5 Å². The molecule has 126 valence electrons. The molecule has 0 saturated heterocycles. The van der Waals surface area contributed by atoms with Gasteiger partial charge in [0.15, 0.2) is 12.3 Å². The predicted molar refractivity (Wildman–Crippen MR) is 74.5 cm³/mol. The molecule has 1 aliphatic rings. The van der Waals surface area contributed by atoms with Gasteiger partial charge < -0.3 is 10.1 Å². The smallest absolute Gasteiger partial charge is 0.418 e. The maximum absolute atomic E-state index is 12.8. The Morgan fingerprint density at radius 1 is 1.26 bits per heavy atom. The van der Waals surface area contributed by atoms with Crippen LogP contribution in [0.5, 0.6) is 0 Å². The topological polar surface area (TPSA) is 68.3 Å². The number of hydrogen-bond acceptors (Lipinski definition) is 4. The van der Waals surface area contributed by atoms with Crippen molar-refractivity contribution in [2.45, 2.75) is 44.3 Å². The number of halogens is 3. The van der Waals surface area contributed by atoms with Crippen LogP contribution in [0.4, 0.5) is 13.2 Å². The molecule has 1 heterocycles. The molecule has 1 N–H and O–H groups in total. The number of esters is 1. The Balaban J connectivity index is 1.91. The van der Waals surface area contributed by atoms with Gasteiger partial charge in [-0.3, -0.25) is 4.79 Å². The number of pyridine rings is 1. The van der Waals surface area contributed by atoms with Crippen molar-refractivity contribution in [1.29, 1.82) is 0 Å². The Morgan fingerprint density at radius 3 is 2.61 bits per heavy atom. The first-order valence-electron chi connectivity index (χ1n) is 7.36. The molecule has 0 spiro atoms. The summed E-state index contributed by atoms with van der Waals surface area (Å²) >= 11 is 0. The number of hydrogen-bond donors (Lipinski definition) is 1. The summed E-state index contributed by atoms with van der Waals surface area (Å²) in [7, 11) is 0. The van der Waals surface area contributed by atoms with Gasteiger partial charge >= 0.3 is 12.1 Å². The fraction of sp³-hybridized carbons (Fsp3) is 0.533. The molecule has 0 radical (unpaired) electrons. The molecule has 1 aromatic heterocycles. The number of aromatic nitrogens is 1. The molecule has 8 heteroatoms. The second-order valence-corrected chi connectivity index (χ2v) is 5.38. The molecule has 1 saturated carbocycles. The van der Waals surface area contributed by atoms with Crippen LogP contribution in [-0.2, 0) is 15.7 Å². The fourth-order valence-corrected chi connectivity index (χ4v) is 2.51. The summed E-state index contributed by atoms with van der Waals surface area (Å²) in [6.07, 6.45) is 1.24. The second-order valence-electron chi connectivity index (χ2n) is 5.38. The highest BCUT2D eigenvalue weighted by Gasteiger charge is 2.36. The Morgan fingerprint density at radius 2 is 1.96 bits per heavy atom. The van der Waals surface area contributed by atoms with Gasteiger partial charge in [-0.15, -0.1) is 0 Å². The van der Waals surface area contributed by atoms with Crippen molar-refractivity contribution < 1.29 is 27.5 Å². The molecule has 0 aromatic carbocycles. The molecule has 23 heavy (non-hydrogen) atoms. The number of ether oxygens (including phenoxy) is 1. The molecule has 0 bridgehead atoms. The molecular formula is C15H17F3N2O3. The Bertz CT molecular complexity index is 569. The first-order chi connectivity index (χ1) is 10.9. The van der Waals surface area contributed by atoms with Crippen LogP contribution in [0.25, 0.3) is 0 Å². The van der Waals surface area contributed by atoms with Crippen LogP contribution in [0, 0.1) is 0 Å². The fourth-order valence-electron chi connectivity index (χ4n) is 2.51. The van der Waals surface area contributed by atoms with E-state index in [0.29, 0.717) is 0 Å².